The minimum Gasteiger partial charge on any atom is -0.340 e. The van der Waals surface area contributed by atoms with Crippen LogP contribution in [0, 0.1) is 0 Å². The van der Waals surface area contributed by atoms with E-state index in [4.69, 9.17) is 0 Å². The lowest BCUT2D eigenvalue weighted by Crippen LogP contribution is -2.28. The highest BCUT2D eigenvalue weighted by molar-refractivity contribution is 6.03. The highest BCUT2D eigenvalue weighted by Gasteiger charge is 2.14. The number of amides is 1. The van der Waals surface area contributed by atoms with Crippen molar-refractivity contribution in [1.29, 1.82) is 0 Å². The highest BCUT2D eigenvalue weighted by Crippen LogP contribution is 2.25. The highest BCUT2D eigenvalue weighted by atomic mass is 16.2. The third-order valence-electron chi connectivity index (χ3n) is 4.51. The molecule has 152 valence electrons. The Kier molecular flexibility index (Phi) is 6.51. The van der Waals surface area contributed by atoms with Gasteiger partial charge in [0.15, 0.2) is 5.78 Å². The minimum atomic E-state index is -0.246. The van der Waals surface area contributed by atoms with Crippen LogP contribution in [0.5, 0.6) is 0 Å². The Hall–Kier alpha value is -3.32. The molecule has 0 unspecified atom stereocenters. The Bertz CT molecular complexity index is 1030. The summed E-state index contributed by atoms with van der Waals surface area (Å²) in [4.78, 5) is 32.9. The quantitative estimate of drug-likeness (QED) is 0.574. The zero-order chi connectivity index (χ0) is 20.8. The standard InChI is InChI=1S/C22H25N5O2.H2/c1-4-16-6-5-7-17(8-16)18-9-20(22(15(2)28)24-10-18)26-21(29)12-23-11-19-13-27(3)14-25-19;/h5-10,13-14,23H,4,11-12H2,1-3H3,(H,26,29);1H. The van der Waals surface area contributed by atoms with E-state index in [1.54, 1.807) is 18.6 Å². The molecule has 2 aromatic heterocycles. The number of pyridine rings is 1. The molecule has 0 spiro atoms. The average Bonchev–Trinajstić information content (AvgIpc) is 3.12. The summed E-state index contributed by atoms with van der Waals surface area (Å²) in [5.74, 6) is -0.444. The van der Waals surface area contributed by atoms with E-state index in [0.29, 0.717) is 12.2 Å². The summed E-state index contributed by atoms with van der Waals surface area (Å²) in [6, 6.07) is 9.94. The van der Waals surface area contributed by atoms with Gasteiger partial charge in [-0.15, -0.1) is 0 Å². The lowest BCUT2D eigenvalue weighted by atomic mass is 10.0. The van der Waals surface area contributed by atoms with Crippen molar-refractivity contribution in [2.24, 2.45) is 7.05 Å². The molecule has 2 heterocycles. The number of carbonyl (C=O) groups excluding carboxylic acids is 2. The van der Waals surface area contributed by atoms with E-state index >= 15 is 0 Å². The number of benzene rings is 1. The third kappa shape index (κ3) is 5.36. The van der Waals surface area contributed by atoms with Gasteiger partial charge in [-0.3, -0.25) is 14.6 Å². The Balaban J connectivity index is 0.00000320. The molecule has 1 aromatic carbocycles. The van der Waals surface area contributed by atoms with Gasteiger partial charge >= 0.3 is 0 Å². The molecule has 0 radical (unpaired) electrons. The van der Waals surface area contributed by atoms with Gasteiger partial charge in [-0.2, -0.15) is 0 Å². The predicted octanol–water partition coefficient (Wildman–Crippen LogP) is 3.22. The number of aromatic nitrogens is 3. The fraction of sp³-hybridized carbons (Fsp3) is 0.273. The van der Waals surface area contributed by atoms with E-state index in [1.807, 2.05) is 29.9 Å². The van der Waals surface area contributed by atoms with Gasteiger partial charge in [0.2, 0.25) is 5.91 Å². The molecule has 0 aliphatic carbocycles. The number of aryl methyl sites for hydroxylation is 2. The summed E-state index contributed by atoms with van der Waals surface area (Å²) < 4.78 is 1.85. The zero-order valence-corrected chi connectivity index (χ0v) is 16.9. The molecule has 2 N–H and O–H groups in total. The lowest BCUT2D eigenvalue weighted by molar-refractivity contribution is -0.115. The van der Waals surface area contributed by atoms with Crippen molar-refractivity contribution >= 4 is 17.4 Å². The first-order valence-electron chi connectivity index (χ1n) is 9.54. The second kappa shape index (κ2) is 9.25. The molecular formula is C22H27N5O2. The van der Waals surface area contributed by atoms with Gasteiger partial charge in [0.05, 0.1) is 24.3 Å². The van der Waals surface area contributed by atoms with Crippen LogP contribution in [0.4, 0.5) is 5.69 Å². The molecule has 0 aliphatic rings. The number of nitrogens with one attached hydrogen (secondary N) is 2. The monoisotopic (exact) mass is 393 g/mol. The first kappa shape index (κ1) is 20.4. The summed E-state index contributed by atoms with van der Waals surface area (Å²) in [6.07, 6.45) is 6.19. The van der Waals surface area contributed by atoms with Crippen LogP contribution in [-0.2, 0) is 24.8 Å². The average molecular weight is 393 g/mol. The number of carbonyl (C=O) groups is 2. The van der Waals surface area contributed by atoms with Crippen molar-refractivity contribution in [1.82, 2.24) is 19.9 Å². The van der Waals surface area contributed by atoms with Gasteiger partial charge in [0.1, 0.15) is 5.69 Å². The Morgan fingerprint density at radius 1 is 1.17 bits per heavy atom. The molecule has 7 nitrogen and oxygen atoms in total. The maximum Gasteiger partial charge on any atom is 0.238 e. The lowest BCUT2D eigenvalue weighted by Gasteiger charge is -2.12. The predicted molar refractivity (Wildman–Crippen MR) is 115 cm³/mol. The normalized spacial score (nSPS) is 10.7. The van der Waals surface area contributed by atoms with Crippen LogP contribution in [0.2, 0.25) is 0 Å². The SMILES string of the molecule is CCc1cccc(-c2cnc(C(C)=O)c(NC(=O)CNCc3cn(C)cn3)c2)c1.[HH]. The van der Waals surface area contributed by atoms with Gasteiger partial charge in [-0.05, 0) is 23.6 Å². The topological polar surface area (TPSA) is 88.9 Å². The maximum atomic E-state index is 12.4. The molecule has 7 heteroatoms. The first-order valence-corrected chi connectivity index (χ1v) is 9.54. The van der Waals surface area contributed by atoms with Crippen molar-refractivity contribution in [2.45, 2.75) is 26.8 Å². The summed E-state index contributed by atoms with van der Waals surface area (Å²) in [5, 5.41) is 5.86. The molecule has 0 bridgehead atoms. The smallest absolute Gasteiger partial charge is 0.238 e. The van der Waals surface area contributed by atoms with Gasteiger partial charge < -0.3 is 15.2 Å². The van der Waals surface area contributed by atoms with Crippen LogP contribution >= 0.6 is 0 Å². The van der Waals surface area contributed by atoms with Crippen molar-refractivity contribution in [3.63, 3.8) is 0 Å². The Labute approximate surface area is 171 Å². The molecule has 0 fully saturated rings. The third-order valence-corrected chi connectivity index (χ3v) is 4.51. The Morgan fingerprint density at radius 2 is 2.00 bits per heavy atom. The van der Waals surface area contributed by atoms with E-state index in [0.717, 1.165) is 23.2 Å². The van der Waals surface area contributed by atoms with Crippen molar-refractivity contribution in [3.8, 4) is 11.1 Å². The number of hydrogen-bond acceptors (Lipinski definition) is 5. The first-order chi connectivity index (χ1) is 14.0. The molecule has 0 saturated heterocycles. The molecule has 3 rings (SSSR count). The summed E-state index contributed by atoms with van der Waals surface area (Å²) in [5.41, 5.74) is 4.57. The number of hydrogen-bond donors (Lipinski definition) is 2. The van der Waals surface area contributed by atoms with Crippen LogP contribution in [0.1, 0.15) is 37.0 Å². The summed E-state index contributed by atoms with van der Waals surface area (Å²) >= 11 is 0. The number of ketones is 1. The molecule has 3 aromatic rings. The fourth-order valence-corrected chi connectivity index (χ4v) is 3.03. The van der Waals surface area contributed by atoms with E-state index in [2.05, 4.69) is 39.7 Å². The van der Waals surface area contributed by atoms with Crippen molar-refractivity contribution in [3.05, 3.63) is 66.0 Å². The van der Waals surface area contributed by atoms with Crippen LogP contribution in [0.3, 0.4) is 0 Å². The van der Waals surface area contributed by atoms with E-state index < -0.39 is 0 Å². The molecule has 29 heavy (non-hydrogen) atoms. The van der Waals surface area contributed by atoms with Crippen molar-refractivity contribution in [2.75, 3.05) is 11.9 Å². The number of nitrogens with zero attached hydrogens (tertiary/aromatic N) is 3. The zero-order valence-electron chi connectivity index (χ0n) is 16.9. The van der Waals surface area contributed by atoms with Crippen LogP contribution in [0.15, 0.2) is 49.1 Å². The number of imidazole rings is 1. The maximum absolute atomic E-state index is 12.4. The van der Waals surface area contributed by atoms with Crippen molar-refractivity contribution < 1.29 is 11.0 Å². The molecular weight excluding hydrogens is 366 g/mol. The fourth-order valence-electron chi connectivity index (χ4n) is 3.03. The van der Waals surface area contributed by atoms with Crippen LogP contribution in [-0.4, -0.2) is 32.8 Å². The summed E-state index contributed by atoms with van der Waals surface area (Å²) in [7, 11) is 1.89. The Morgan fingerprint density at radius 3 is 2.69 bits per heavy atom. The summed E-state index contributed by atoms with van der Waals surface area (Å²) in [6.45, 7) is 4.12. The van der Waals surface area contributed by atoms with E-state index in [1.165, 1.54) is 12.5 Å². The molecule has 0 aliphatic heterocycles. The second-order valence-corrected chi connectivity index (χ2v) is 6.91. The molecule has 0 atom stereocenters. The van der Waals surface area contributed by atoms with Crippen LogP contribution in [0.25, 0.3) is 11.1 Å². The number of anilines is 1. The van der Waals surface area contributed by atoms with Gasteiger partial charge in [0, 0.05) is 39.9 Å². The largest absolute Gasteiger partial charge is 0.340 e. The number of Topliss-reactive ketones (excluding diaryl/α,β-unsaturated/α-hetero) is 1. The van der Waals surface area contributed by atoms with Crippen LogP contribution < -0.4 is 10.6 Å². The number of rotatable bonds is 8. The van der Waals surface area contributed by atoms with E-state index in [9.17, 15) is 9.59 Å². The minimum absolute atomic E-state index is 0. The second-order valence-electron chi connectivity index (χ2n) is 6.91. The van der Waals surface area contributed by atoms with Gasteiger partial charge in [-0.25, -0.2) is 4.98 Å². The molecule has 0 saturated carbocycles. The van der Waals surface area contributed by atoms with E-state index in [-0.39, 0.29) is 25.4 Å². The van der Waals surface area contributed by atoms with Gasteiger partial charge in [-0.1, -0.05) is 31.2 Å². The van der Waals surface area contributed by atoms with Gasteiger partial charge in [0.25, 0.3) is 0 Å². The molecule has 1 amide bonds.